The molecule has 3 unspecified atom stereocenters. The Bertz CT molecular complexity index is 217. The average Bonchev–Trinajstić information content (AvgIpc) is 2.76. The summed E-state index contributed by atoms with van der Waals surface area (Å²) in [5.41, 5.74) is 5.31. The first-order chi connectivity index (χ1) is 6.79. The molecule has 0 heterocycles. The van der Waals surface area contributed by atoms with E-state index in [4.69, 9.17) is 5.73 Å². The minimum atomic E-state index is 0.121. The van der Waals surface area contributed by atoms with Gasteiger partial charge in [-0.1, -0.05) is 6.42 Å². The molecular weight excluding hydrogens is 176 g/mol. The fourth-order valence-electron chi connectivity index (χ4n) is 3.09. The van der Waals surface area contributed by atoms with Gasteiger partial charge in [0.15, 0.2) is 0 Å². The van der Waals surface area contributed by atoms with Gasteiger partial charge in [0.1, 0.15) is 0 Å². The van der Waals surface area contributed by atoms with Crippen LogP contribution in [0.1, 0.15) is 32.1 Å². The summed E-state index contributed by atoms with van der Waals surface area (Å²) in [5.74, 6) is 2.75. The Morgan fingerprint density at radius 2 is 2.21 bits per heavy atom. The molecule has 0 radical (unpaired) electrons. The van der Waals surface area contributed by atoms with Crippen LogP contribution in [0.2, 0.25) is 0 Å². The summed E-state index contributed by atoms with van der Waals surface area (Å²) in [4.78, 5) is 11.2. The molecule has 0 aromatic carbocycles. The van der Waals surface area contributed by atoms with Gasteiger partial charge < -0.3 is 11.1 Å². The maximum Gasteiger partial charge on any atom is 0.221 e. The lowest BCUT2D eigenvalue weighted by molar-refractivity contribution is -0.121. The number of carbonyl (C=O) groups is 1. The van der Waals surface area contributed by atoms with Crippen molar-refractivity contribution >= 4 is 5.91 Å². The van der Waals surface area contributed by atoms with Gasteiger partial charge in [0, 0.05) is 19.5 Å². The maximum absolute atomic E-state index is 11.2. The summed E-state index contributed by atoms with van der Waals surface area (Å²) in [6, 6.07) is 0. The van der Waals surface area contributed by atoms with Gasteiger partial charge in [-0.15, -0.1) is 0 Å². The molecule has 0 spiro atoms. The van der Waals surface area contributed by atoms with Crippen molar-refractivity contribution in [1.29, 1.82) is 0 Å². The van der Waals surface area contributed by atoms with Gasteiger partial charge in [-0.2, -0.15) is 0 Å². The van der Waals surface area contributed by atoms with Gasteiger partial charge in [-0.3, -0.25) is 4.79 Å². The van der Waals surface area contributed by atoms with Crippen molar-refractivity contribution in [1.82, 2.24) is 5.32 Å². The molecular formula is C11H20N2O. The topological polar surface area (TPSA) is 55.1 Å². The zero-order chi connectivity index (χ0) is 9.97. The number of hydrogen-bond donors (Lipinski definition) is 2. The normalized spacial score (nSPS) is 34.8. The molecule has 2 saturated carbocycles. The lowest BCUT2D eigenvalue weighted by Crippen LogP contribution is -2.32. The van der Waals surface area contributed by atoms with Crippen LogP contribution in [-0.2, 0) is 4.79 Å². The van der Waals surface area contributed by atoms with Crippen LogP contribution < -0.4 is 11.1 Å². The molecule has 3 heteroatoms. The van der Waals surface area contributed by atoms with Crippen LogP contribution in [0.5, 0.6) is 0 Å². The summed E-state index contributed by atoms with van der Waals surface area (Å²) >= 11 is 0. The van der Waals surface area contributed by atoms with E-state index in [0.29, 0.717) is 13.0 Å². The Morgan fingerprint density at radius 1 is 1.36 bits per heavy atom. The van der Waals surface area contributed by atoms with E-state index >= 15 is 0 Å². The van der Waals surface area contributed by atoms with Crippen molar-refractivity contribution in [3.05, 3.63) is 0 Å². The number of amides is 1. The second kappa shape index (κ2) is 4.30. The summed E-state index contributed by atoms with van der Waals surface area (Å²) < 4.78 is 0. The van der Waals surface area contributed by atoms with Crippen molar-refractivity contribution in [2.75, 3.05) is 13.1 Å². The Labute approximate surface area is 85.4 Å². The molecule has 3 atom stereocenters. The molecule has 0 saturated heterocycles. The third kappa shape index (κ3) is 2.08. The van der Waals surface area contributed by atoms with Gasteiger partial charge in [-0.05, 0) is 37.0 Å². The number of nitrogens with one attached hydrogen (secondary N) is 1. The van der Waals surface area contributed by atoms with Gasteiger partial charge >= 0.3 is 0 Å². The molecule has 0 aliphatic heterocycles. The minimum Gasteiger partial charge on any atom is -0.356 e. The number of carbonyl (C=O) groups excluding carboxylic acids is 1. The van der Waals surface area contributed by atoms with Crippen molar-refractivity contribution in [3.8, 4) is 0 Å². The molecule has 3 N–H and O–H groups in total. The second-order valence-corrected chi connectivity index (χ2v) is 4.78. The van der Waals surface area contributed by atoms with E-state index in [1.807, 2.05) is 0 Å². The fraction of sp³-hybridized carbons (Fsp3) is 0.909. The predicted octanol–water partition coefficient (Wildman–Crippen LogP) is 0.888. The van der Waals surface area contributed by atoms with Crippen LogP contribution in [0, 0.1) is 17.8 Å². The van der Waals surface area contributed by atoms with Crippen molar-refractivity contribution in [2.24, 2.45) is 23.5 Å². The van der Waals surface area contributed by atoms with Crippen LogP contribution in [-0.4, -0.2) is 19.0 Å². The van der Waals surface area contributed by atoms with Crippen LogP contribution in [0.3, 0.4) is 0 Å². The first kappa shape index (κ1) is 9.97. The summed E-state index contributed by atoms with van der Waals surface area (Å²) in [7, 11) is 0. The smallest absolute Gasteiger partial charge is 0.221 e. The molecule has 14 heavy (non-hydrogen) atoms. The fourth-order valence-corrected chi connectivity index (χ4v) is 3.09. The van der Waals surface area contributed by atoms with E-state index in [0.717, 1.165) is 24.3 Å². The summed E-state index contributed by atoms with van der Waals surface area (Å²) in [5, 5.41) is 2.99. The molecule has 80 valence electrons. The van der Waals surface area contributed by atoms with E-state index in [1.165, 1.54) is 25.7 Å². The standard InChI is InChI=1S/C11H20N2O/c12-4-3-11(14)13-7-10-6-8-1-2-9(10)5-8/h8-10H,1-7,12H2,(H,13,14). The molecule has 2 aliphatic carbocycles. The first-order valence-electron chi connectivity index (χ1n) is 5.76. The van der Waals surface area contributed by atoms with Crippen LogP contribution in [0.4, 0.5) is 0 Å². The first-order valence-corrected chi connectivity index (χ1v) is 5.76. The minimum absolute atomic E-state index is 0.121. The Hall–Kier alpha value is -0.570. The van der Waals surface area contributed by atoms with E-state index in [1.54, 1.807) is 0 Å². The highest BCUT2D eigenvalue weighted by Crippen LogP contribution is 2.47. The van der Waals surface area contributed by atoms with Gasteiger partial charge in [0.25, 0.3) is 0 Å². The molecule has 2 bridgehead atoms. The van der Waals surface area contributed by atoms with Crippen molar-refractivity contribution < 1.29 is 4.79 Å². The van der Waals surface area contributed by atoms with Crippen LogP contribution in [0.15, 0.2) is 0 Å². The number of fused-ring (bicyclic) bond motifs is 2. The third-order valence-electron chi connectivity index (χ3n) is 3.82. The number of hydrogen-bond acceptors (Lipinski definition) is 2. The van der Waals surface area contributed by atoms with Gasteiger partial charge in [0.05, 0.1) is 0 Å². The Morgan fingerprint density at radius 3 is 2.79 bits per heavy atom. The van der Waals surface area contributed by atoms with E-state index in [2.05, 4.69) is 5.32 Å². The van der Waals surface area contributed by atoms with Crippen molar-refractivity contribution in [2.45, 2.75) is 32.1 Å². The monoisotopic (exact) mass is 196 g/mol. The van der Waals surface area contributed by atoms with Crippen LogP contribution in [0.25, 0.3) is 0 Å². The van der Waals surface area contributed by atoms with Crippen LogP contribution >= 0.6 is 0 Å². The van der Waals surface area contributed by atoms with Crippen molar-refractivity contribution in [3.63, 3.8) is 0 Å². The molecule has 3 nitrogen and oxygen atoms in total. The number of rotatable bonds is 4. The molecule has 0 aromatic rings. The third-order valence-corrected chi connectivity index (χ3v) is 3.82. The highest BCUT2D eigenvalue weighted by Gasteiger charge is 2.39. The summed E-state index contributed by atoms with van der Waals surface area (Å²) in [6.45, 7) is 1.35. The summed E-state index contributed by atoms with van der Waals surface area (Å²) in [6.07, 6.45) is 6.05. The van der Waals surface area contributed by atoms with Gasteiger partial charge in [-0.25, -0.2) is 0 Å². The van der Waals surface area contributed by atoms with E-state index in [-0.39, 0.29) is 5.91 Å². The SMILES string of the molecule is NCCC(=O)NCC1CC2CCC1C2. The highest BCUT2D eigenvalue weighted by molar-refractivity contribution is 5.76. The molecule has 2 rings (SSSR count). The Balaban J connectivity index is 1.69. The molecule has 1 amide bonds. The predicted molar refractivity (Wildman–Crippen MR) is 55.6 cm³/mol. The van der Waals surface area contributed by atoms with E-state index < -0.39 is 0 Å². The lowest BCUT2D eigenvalue weighted by Gasteiger charge is -2.21. The molecule has 0 aromatic heterocycles. The Kier molecular flexibility index (Phi) is 3.06. The quantitative estimate of drug-likeness (QED) is 0.701. The largest absolute Gasteiger partial charge is 0.356 e. The lowest BCUT2D eigenvalue weighted by atomic mass is 9.89. The zero-order valence-electron chi connectivity index (χ0n) is 8.67. The molecule has 2 fully saturated rings. The van der Waals surface area contributed by atoms with E-state index in [9.17, 15) is 4.79 Å². The zero-order valence-corrected chi connectivity index (χ0v) is 8.67. The average molecular weight is 196 g/mol. The maximum atomic E-state index is 11.2. The second-order valence-electron chi connectivity index (χ2n) is 4.78. The molecule has 2 aliphatic rings. The number of nitrogens with two attached hydrogens (primary N) is 1. The van der Waals surface area contributed by atoms with Gasteiger partial charge in [0.2, 0.25) is 5.91 Å². The highest BCUT2D eigenvalue weighted by atomic mass is 16.1.